The second kappa shape index (κ2) is 11.2. The predicted molar refractivity (Wildman–Crippen MR) is 118 cm³/mol. The Morgan fingerprint density at radius 3 is 1.34 bits per heavy atom. The molecule has 0 aliphatic rings. The quantitative estimate of drug-likeness (QED) is 0.239. The van der Waals surface area contributed by atoms with Gasteiger partial charge in [-0.15, -0.1) is 0 Å². The van der Waals surface area contributed by atoms with Crippen molar-refractivity contribution < 1.29 is 48.4 Å². The van der Waals surface area contributed by atoms with E-state index < -0.39 is 49.2 Å². The van der Waals surface area contributed by atoms with Crippen LogP contribution in [0.4, 0.5) is 30.7 Å². The molecule has 3 aromatic carbocycles. The minimum absolute atomic E-state index is 0.920. The largest absolute Gasteiger partial charge is 0.461 e. The van der Waals surface area contributed by atoms with E-state index in [1.807, 2.05) is 0 Å². The van der Waals surface area contributed by atoms with Gasteiger partial charge in [0.1, 0.15) is 0 Å². The maximum Gasteiger partial charge on any atom is 0.461 e. The number of halogens is 7. The molecule has 0 atom stereocenters. The Balaban J connectivity index is 0.000000271. The van der Waals surface area contributed by atoms with E-state index in [4.69, 9.17) is 9.29 Å². The zero-order valence-electron chi connectivity index (χ0n) is 17.8. The Kier molecular flexibility index (Phi) is 9.29. The molecule has 35 heavy (non-hydrogen) atoms. The molecule has 0 heterocycles. The first-order chi connectivity index (χ1) is 16.1. The maximum absolute atomic E-state index is 11.9. The molecule has 3 rings (SSSR count). The molecule has 190 valence electrons. The zero-order valence-corrected chi connectivity index (χ0v) is 22.0. The van der Waals surface area contributed by atoms with Crippen LogP contribution in [0.2, 0.25) is 0 Å². The summed E-state index contributed by atoms with van der Waals surface area (Å²) in [5.41, 5.74) is 0. The van der Waals surface area contributed by atoms with Crippen LogP contribution in [0.15, 0.2) is 84.9 Å². The fourth-order valence-electron chi connectivity index (χ4n) is 2.66. The number of hydrogen-bond donors (Lipinski definition) is 1. The fraction of sp³-hybridized carbons (Fsp3) is 0.182. The average molecular weight is 720 g/mol. The molecule has 13 heteroatoms. The van der Waals surface area contributed by atoms with Gasteiger partial charge in [0.05, 0.1) is 0 Å². The summed E-state index contributed by atoms with van der Waals surface area (Å²) in [5, 5.41) is -6.61. The van der Waals surface area contributed by atoms with Crippen LogP contribution in [-0.4, -0.2) is 59.2 Å². The third-order valence-corrected chi connectivity index (χ3v) is 14.8. The Bertz CT molecular complexity index is 1150. The summed E-state index contributed by atoms with van der Waals surface area (Å²) in [6.45, 7) is 0. The van der Waals surface area contributed by atoms with Gasteiger partial charge in [0.15, 0.2) is 0 Å². The maximum atomic E-state index is 11.9. The van der Waals surface area contributed by atoms with Crippen LogP contribution in [0, 0.1) is 0 Å². The Morgan fingerprint density at radius 2 is 1.06 bits per heavy atom. The van der Waals surface area contributed by atoms with Gasteiger partial charge in [-0.1, -0.05) is 0 Å². The summed E-state index contributed by atoms with van der Waals surface area (Å²) >= 11 is -2.16. The van der Waals surface area contributed by atoms with Crippen molar-refractivity contribution in [3.8, 4) is 5.75 Å². The second-order valence-electron chi connectivity index (χ2n) is 6.77. The molecule has 0 radical (unpaired) electrons. The number of rotatable bonds is 6. The standard InChI is InChI=1S/C7H7O.2C6H5.C3HF7O3S.Bi/c1-8-7-5-3-2-4-6-7;2*1-2-4-6-5-3-1;4-1(5,2(6,7)8)3(9,10)14(11,12)13;/h3-6H,1H3;2*1-5H;(H,11,12,13);. The van der Waals surface area contributed by atoms with E-state index >= 15 is 0 Å². The topological polar surface area (TPSA) is 63.6 Å². The molecule has 0 bridgehead atoms. The van der Waals surface area contributed by atoms with E-state index in [2.05, 4.69) is 84.9 Å². The van der Waals surface area contributed by atoms with Crippen LogP contribution < -0.4 is 14.6 Å². The van der Waals surface area contributed by atoms with Crippen molar-refractivity contribution >= 4 is 41.7 Å². The van der Waals surface area contributed by atoms with Crippen molar-refractivity contribution in [1.29, 1.82) is 0 Å². The van der Waals surface area contributed by atoms with Crippen LogP contribution in [0.1, 0.15) is 0 Å². The van der Waals surface area contributed by atoms with Gasteiger partial charge >= 0.3 is 162 Å². The molecule has 0 saturated carbocycles. The molecule has 4 nitrogen and oxygen atoms in total. The molecule has 3 aromatic rings. The number of benzene rings is 3. The van der Waals surface area contributed by atoms with E-state index in [1.54, 1.807) is 7.11 Å². The Hall–Kier alpha value is -2.24. The third kappa shape index (κ3) is 6.71. The molecule has 0 spiro atoms. The van der Waals surface area contributed by atoms with Crippen molar-refractivity contribution in [2.75, 3.05) is 7.11 Å². The first-order valence-corrected chi connectivity index (χ1v) is 16.1. The van der Waals surface area contributed by atoms with Gasteiger partial charge in [0.2, 0.25) is 0 Å². The van der Waals surface area contributed by atoms with Gasteiger partial charge in [-0.25, -0.2) is 0 Å². The molecule has 0 aliphatic heterocycles. The van der Waals surface area contributed by atoms with Crippen LogP contribution in [-0.2, 0) is 10.1 Å². The van der Waals surface area contributed by atoms with Crippen LogP contribution in [0.3, 0.4) is 0 Å². The minimum atomic E-state index is -6.85. The summed E-state index contributed by atoms with van der Waals surface area (Å²) in [6, 6.07) is 30.5. The second-order valence-corrected chi connectivity index (χ2v) is 16.9. The van der Waals surface area contributed by atoms with E-state index in [0.29, 0.717) is 0 Å². The summed E-state index contributed by atoms with van der Waals surface area (Å²) in [6.07, 6.45) is -6.79. The first kappa shape index (κ1) is 29.0. The van der Waals surface area contributed by atoms with Gasteiger partial charge in [-0.3, -0.25) is 4.55 Å². The summed E-state index contributed by atoms with van der Waals surface area (Å²) < 4.78 is 118. The number of methoxy groups -OCH3 is 1. The van der Waals surface area contributed by atoms with Gasteiger partial charge in [-0.2, -0.15) is 39.2 Å². The molecule has 0 unspecified atom stereocenters. The van der Waals surface area contributed by atoms with Gasteiger partial charge < -0.3 is 0 Å². The molecule has 0 amide bonds. The fourth-order valence-corrected chi connectivity index (χ4v) is 12.0. The molecule has 0 fully saturated rings. The number of hydrogen-bond acceptors (Lipinski definition) is 3. The Morgan fingerprint density at radius 1 is 0.686 bits per heavy atom. The van der Waals surface area contributed by atoms with Crippen molar-refractivity contribution in [2.24, 2.45) is 0 Å². The monoisotopic (exact) mass is 720 g/mol. The zero-order chi connectivity index (χ0) is 26.5. The van der Waals surface area contributed by atoms with Crippen LogP contribution in [0.25, 0.3) is 0 Å². The summed E-state index contributed by atoms with van der Waals surface area (Å²) in [4.78, 5) is 0. The van der Waals surface area contributed by atoms with Crippen molar-refractivity contribution in [3.05, 3.63) is 84.9 Å². The summed E-state index contributed by atoms with van der Waals surface area (Å²) in [5.74, 6) is -5.93. The van der Waals surface area contributed by atoms with Crippen LogP contribution in [0.5, 0.6) is 5.75 Å². The van der Waals surface area contributed by atoms with Gasteiger partial charge in [-0.05, 0) is 0 Å². The SMILES string of the molecule is COc1cc[c]([Bi]([c]2ccccc2)[c]2ccccc2)cc1.O=S(=O)(O)C(F)(F)C(F)(F)C(F)(F)F. The molecule has 1 N–H and O–H groups in total. The van der Waals surface area contributed by atoms with Crippen molar-refractivity contribution in [1.82, 2.24) is 0 Å². The molecular formula is C22H18BiF7O4S. The van der Waals surface area contributed by atoms with E-state index in [0.717, 1.165) is 5.75 Å². The van der Waals surface area contributed by atoms with Crippen molar-refractivity contribution in [3.63, 3.8) is 0 Å². The van der Waals surface area contributed by atoms with E-state index in [-0.39, 0.29) is 0 Å². The normalized spacial score (nSPS) is 12.6. The number of alkyl halides is 7. The predicted octanol–water partition coefficient (Wildman–Crippen LogP) is 3.88. The molecular weight excluding hydrogens is 702 g/mol. The molecule has 0 saturated heterocycles. The average Bonchev–Trinajstić information content (AvgIpc) is 2.80. The molecule has 0 aromatic heterocycles. The molecule has 0 aliphatic carbocycles. The number of ether oxygens (including phenoxy) is 1. The minimum Gasteiger partial charge on any atom is -0.281 e. The Labute approximate surface area is 204 Å². The smallest absolute Gasteiger partial charge is 0.281 e. The van der Waals surface area contributed by atoms with Gasteiger partial charge in [0.25, 0.3) is 0 Å². The van der Waals surface area contributed by atoms with Crippen LogP contribution >= 0.6 is 0 Å². The van der Waals surface area contributed by atoms with Crippen molar-refractivity contribution in [2.45, 2.75) is 17.4 Å². The van der Waals surface area contributed by atoms with E-state index in [9.17, 15) is 39.2 Å². The first-order valence-electron chi connectivity index (χ1n) is 9.47. The van der Waals surface area contributed by atoms with Gasteiger partial charge in [0, 0.05) is 0 Å². The summed E-state index contributed by atoms with van der Waals surface area (Å²) in [7, 11) is -5.13. The van der Waals surface area contributed by atoms with E-state index in [1.165, 1.54) is 9.81 Å². The third-order valence-electron chi connectivity index (χ3n) is 4.40.